The summed E-state index contributed by atoms with van der Waals surface area (Å²) in [6.45, 7) is 4.04. The molecule has 0 heterocycles. The first-order valence-electron chi connectivity index (χ1n) is 7.31. The van der Waals surface area contributed by atoms with Crippen molar-refractivity contribution in [3.8, 4) is 11.5 Å². The normalized spacial score (nSPS) is 10.9. The molecule has 0 aromatic heterocycles. The lowest BCUT2D eigenvalue weighted by molar-refractivity contribution is 0.199. The Morgan fingerprint density at radius 1 is 1.10 bits per heavy atom. The molecular formula is C16H28N2O3. The summed E-state index contributed by atoms with van der Waals surface area (Å²) < 4.78 is 16.2. The minimum absolute atomic E-state index is 0.690. The lowest BCUT2D eigenvalue weighted by atomic mass is 10.2. The zero-order valence-electron chi connectivity index (χ0n) is 13.6. The zero-order valence-corrected chi connectivity index (χ0v) is 13.6. The minimum Gasteiger partial charge on any atom is -0.493 e. The molecule has 0 bridgehead atoms. The minimum atomic E-state index is 0.690. The topological polar surface area (TPSA) is 43.0 Å². The molecule has 5 heteroatoms. The molecule has 0 aliphatic rings. The molecule has 1 aromatic rings. The Morgan fingerprint density at radius 2 is 1.90 bits per heavy atom. The summed E-state index contributed by atoms with van der Waals surface area (Å²) in [7, 11) is 7.49. The van der Waals surface area contributed by atoms with Gasteiger partial charge in [-0.05, 0) is 38.2 Å². The highest BCUT2D eigenvalue weighted by Crippen LogP contribution is 2.28. The van der Waals surface area contributed by atoms with E-state index in [0.29, 0.717) is 13.2 Å². The molecule has 120 valence electrons. The third-order valence-corrected chi connectivity index (χ3v) is 3.05. The first kappa shape index (κ1) is 17.8. The quantitative estimate of drug-likeness (QED) is 0.630. The van der Waals surface area contributed by atoms with Crippen LogP contribution in [0.5, 0.6) is 11.5 Å². The fourth-order valence-electron chi connectivity index (χ4n) is 1.91. The summed E-state index contributed by atoms with van der Waals surface area (Å²) in [4.78, 5) is 2.15. The van der Waals surface area contributed by atoms with Gasteiger partial charge in [0.2, 0.25) is 0 Å². The summed E-state index contributed by atoms with van der Waals surface area (Å²) in [5, 5.41) is 3.32. The molecule has 1 rings (SSSR count). The maximum atomic E-state index is 5.84. The molecule has 0 aliphatic heterocycles. The predicted octanol–water partition coefficient (Wildman–Crippen LogP) is 1.76. The van der Waals surface area contributed by atoms with Crippen LogP contribution < -0.4 is 14.8 Å². The van der Waals surface area contributed by atoms with Crippen molar-refractivity contribution in [2.75, 3.05) is 54.6 Å². The van der Waals surface area contributed by atoms with Gasteiger partial charge in [-0.3, -0.25) is 0 Å². The lowest BCUT2D eigenvalue weighted by Gasteiger charge is -2.14. The van der Waals surface area contributed by atoms with Crippen LogP contribution in [0.15, 0.2) is 18.2 Å². The third-order valence-electron chi connectivity index (χ3n) is 3.05. The zero-order chi connectivity index (χ0) is 15.5. The Balaban J connectivity index is 2.50. The Labute approximate surface area is 128 Å². The molecule has 0 saturated heterocycles. The largest absolute Gasteiger partial charge is 0.493 e. The van der Waals surface area contributed by atoms with E-state index in [1.54, 1.807) is 14.2 Å². The maximum Gasteiger partial charge on any atom is 0.161 e. The molecule has 0 amide bonds. The summed E-state index contributed by atoms with van der Waals surface area (Å²) in [6, 6.07) is 6.04. The van der Waals surface area contributed by atoms with Gasteiger partial charge in [0.25, 0.3) is 0 Å². The van der Waals surface area contributed by atoms with Crippen molar-refractivity contribution in [3.63, 3.8) is 0 Å². The van der Waals surface area contributed by atoms with E-state index in [0.717, 1.165) is 37.6 Å². The molecule has 0 saturated carbocycles. The molecule has 1 aromatic carbocycles. The number of nitrogens with zero attached hydrogens (tertiary/aromatic N) is 1. The average molecular weight is 296 g/mol. The van der Waals surface area contributed by atoms with Crippen molar-refractivity contribution >= 4 is 0 Å². The van der Waals surface area contributed by atoms with E-state index in [2.05, 4.69) is 24.3 Å². The first-order chi connectivity index (χ1) is 10.2. The number of methoxy groups -OCH3 is 2. The van der Waals surface area contributed by atoms with Crippen molar-refractivity contribution < 1.29 is 14.2 Å². The fraction of sp³-hybridized carbons (Fsp3) is 0.625. The van der Waals surface area contributed by atoms with E-state index in [1.165, 1.54) is 5.56 Å². The van der Waals surface area contributed by atoms with E-state index < -0.39 is 0 Å². The summed E-state index contributed by atoms with van der Waals surface area (Å²) in [5.41, 5.74) is 1.18. The highest BCUT2D eigenvalue weighted by atomic mass is 16.5. The van der Waals surface area contributed by atoms with Crippen LogP contribution in [0.25, 0.3) is 0 Å². The van der Waals surface area contributed by atoms with Crippen LogP contribution in [0.3, 0.4) is 0 Å². The van der Waals surface area contributed by atoms with E-state index in [9.17, 15) is 0 Å². The van der Waals surface area contributed by atoms with E-state index in [1.807, 2.05) is 18.2 Å². The van der Waals surface area contributed by atoms with Crippen molar-refractivity contribution in [1.82, 2.24) is 10.2 Å². The Kier molecular flexibility index (Phi) is 8.82. The Hall–Kier alpha value is -1.30. The second-order valence-electron chi connectivity index (χ2n) is 5.16. The van der Waals surface area contributed by atoms with Gasteiger partial charge < -0.3 is 24.4 Å². The van der Waals surface area contributed by atoms with Gasteiger partial charge in [-0.1, -0.05) is 6.07 Å². The molecule has 0 unspecified atom stereocenters. The molecular weight excluding hydrogens is 268 g/mol. The van der Waals surface area contributed by atoms with Gasteiger partial charge in [-0.15, -0.1) is 0 Å². The average Bonchev–Trinajstić information content (AvgIpc) is 2.48. The number of rotatable bonds is 11. The van der Waals surface area contributed by atoms with Crippen LogP contribution in [0.2, 0.25) is 0 Å². The van der Waals surface area contributed by atoms with Gasteiger partial charge in [0.15, 0.2) is 11.5 Å². The summed E-state index contributed by atoms with van der Waals surface area (Å²) in [5.74, 6) is 1.59. The highest BCUT2D eigenvalue weighted by Gasteiger charge is 2.06. The van der Waals surface area contributed by atoms with Crippen molar-refractivity contribution in [2.45, 2.75) is 13.0 Å². The number of benzene rings is 1. The van der Waals surface area contributed by atoms with E-state index >= 15 is 0 Å². The number of ether oxygens (including phenoxy) is 3. The van der Waals surface area contributed by atoms with Crippen LogP contribution in [0, 0.1) is 0 Å². The SMILES string of the molecule is COCCNCc1ccc(OC)c(OCCCN(C)C)c1. The maximum absolute atomic E-state index is 5.84. The van der Waals surface area contributed by atoms with Gasteiger partial charge in [-0.2, -0.15) is 0 Å². The number of hydrogen-bond acceptors (Lipinski definition) is 5. The van der Waals surface area contributed by atoms with E-state index in [-0.39, 0.29) is 0 Å². The lowest BCUT2D eigenvalue weighted by Crippen LogP contribution is -2.18. The van der Waals surface area contributed by atoms with Crippen molar-refractivity contribution in [1.29, 1.82) is 0 Å². The van der Waals surface area contributed by atoms with Crippen LogP contribution in [0.1, 0.15) is 12.0 Å². The van der Waals surface area contributed by atoms with Gasteiger partial charge in [0.05, 0.1) is 20.3 Å². The van der Waals surface area contributed by atoms with Crippen LogP contribution in [-0.2, 0) is 11.3 Å². The molecule has 5 nitrogen and oxygen atoms in total. The van der Waals surface area contributed by atoms with Gasteiger partial charge in [0, 0.05) is 26.7 Å². The molecule has 21 heavy (non-hydrogen) atoms. The monoisotopic (exact) mass is 296 g/mol. The Morgan fingerprint density at radius 3 is 2.57 bits per heavy atom. The third kappa shape index (κ3) is 7.32. The fourth-order valence-corrected chi connectivity index (χ4v) is 1.91. The van der Waals surface area contributed by atoms with Crippen LogP contribution >= 0.6 is 0 Å². The van der Waals surface area contributed by atoms with Gasteiger partial charge >= 0.3 is 0 Å². The number of hydrogen-bond donors (Lipinski definition) is 1. The van der Waals surface area contributed by atoms with Gasteiger partial charge in [0.1, 0.15) is 0 Å². The molecule has 0 radical (unpaired) electrons. The van der Waals surface area contributed by atoms with Crippen molar-refractivity contribution in [2.24, 2.45) is 0 Å². The molecule has 0 aliphatic carbocycles. The van der Waals surface area contributed by atoms with Crippen molar-refractivity contribution in [3.05, 3.63) is 23.8 Å². The summed E-state index contributed by atoms with van der Waals surface area (Å²) >= 11 is 0. The highest BCUT2D eigenvalue weighted by molar-refractivity contribution is 5.42. The molecule has 0 fully saturated rings. The predicted molar refractivity (Wildman–Crippen MR) is 85.2 cm³/mol. The Bertz CT molecular complexity index is 397. The van der Waals surface area contributed by atoms with Crippen LogP contribution in [-0.4, -0.2) is 59.5 Å². The smallest absolute Gasteiger partial charge is 0.161 e. The van der Waals surface area contributed by atoms with Crippen LogP contribution in [0.4, 0.5) is 0 Å². The number of nitrogens with one attached hydrogen (secondary N) is 1. The van der Waals surface area contributed by atoms with E-state index in [4.69, 9.17) is 14.2 Å². The molecule has 1 N–H and O–H groups in total. The second-order valence-corrected chi connectivity index (χ2v) is 5.16. The molecule has 0 spiro atoms. The standard InChI is InChI=1S/C16H28N2O3/c1-18(2)9-5-10-21-16-12-14(6-7-15(16)20-4)13-17-8-11-19-3/h6-7,12,17H,5,8-11,13H2,1-4H3. The first-order valence-corrected chi connectivity index (χ1v) is 7.31. The second kappa shape index (κ2) is 10.4. The summed E-state index contributed by atoms with van der Waals surface area (Å²) in [6.07, 6.45) is 0.993. The van der Waals surface area contributed by atoms with Gasteiger partial charge in [-0.25, -0.2) is 0 Å². The molecule has 0 atom stereocenters.